The Balaban J connectivity index is 1.44. The zero-order chi connectivity index (χ0) is 19.5. The van der Waals surface area contributed by atoms with Gasteiger partial charge in [0.05, 0.1) is 18.7 Å². The molecule has 0 saturated heterocycles. The van der Waals surface area contributed by atoms with Gasteiger partial charge >= 0.3 is 5.97 Å². The van der Waals surface area contributed by atoms with Crippen molar-refractivity contribution in [1.82, 2.24) is 14.8 Å². The first-order chi connectivity index (χ1) is 13.6. The minimum Gasteiger partial charge on any atom is -0.492 e. The third-order valence-corrected chi connectivity index (χ3v) is 4.70. The van der Waals surface area contributed by atoms with Crippen molar-refractivity contribution in [1.29, 1.82) is 0 Å². The van der Waals surface area contributed by atoms with E-state index in [1.165, 1.54) is 0 Å². The van der Waals surface area contributed by atoms with Crippen LogP contribution in [-0.2, 0) is 17.8 Å². The lowest BCUT2D eigenvalue weighted by Gasteiger charge is -2.08. The Morgan fingerprint density at radius 3 is 2.79 bits per heavy atom. The average Bonchev–Trinajstić information content (AvgIpc) is 3.26. The van der Waals surface area contributed by atoms with Gasteiger partial charge in [-0.1, -0.05) is 30.3 Å². The summed E-state index contributed by atoms with van der Waals surface area (Å²) in [5.41, 5.74) is 4.77. The fraction of sp³-hybridized carbons (Fsp3) is 0.182. The number of fused-ring (bicyclic) bond motifs is 1. The summed E-state index contributed by atoms with van der Waals surface area (Å²) < 4.78 is 7.83. The van der Waals surface area contributed by atoms with Gasteiger partial charge in [0.15, 0.2) is 0 Å². The van der Waals surface area contributed by atoms with E-state index in [0.29, 0.717) is 18.9 Å². The Bertz CT molecular complexity index is 1110. The summed E-state index contributed by atoms with van der Waals surface area (Å²) in [6, 6.07) is 17.8. The molecule has 2 N–H and O–H groups in total. The maximum absolute atomic E-state index is 11.0. The van der Waals surface area contributed by atoms with Crippen molar-refractivity contribution >= 4 is 16.9 Å². The molecule has 6 heteroatoms. The van der Waals surface area contributed by atoms with Crippen LogP contribution in [0.5, 0.6) is 5.75 Å². The largest absolute Gasteiger partial charge is 0.492 e. The van der Waals surface area contributed by atoms with Crippen LogP contribution in [0.25, 0.3) is 22.2 Å². The van der Waals surface area contributed by atoms with E-state index < -0.39 is 5.97 Å². The summed E-state index contributed by atoms with van der Waals surface area (Å²) in [6.45, 7) is 3.14. The van der Waals surface area contributed by atoms with Gasteiger partial charge < -0.3 is 14.8 Å². The molecular formula is C22H21N3O3. The normalized spacial score (nSPS) is 11.0. The van der Waals surface area contributed by atoms with Gasteiger partial charge in [0.25, 0.3) is 0 Å². The summed E-state index contributed by atoms with van der Waals surface area (Å²) in [6.07, 6.45) is 1.72. The Morgan fingerprint density at radius 2 is 2.00 bits per heavy atom. The third-order valence-electron chi connectivity index (χ3n) is 4.70. The van der Waals surface area contributed by atoms with E-state index in [1.807, 2.05) is 60.1 Å². The number of carboxylic acid groups (broad SMARTS) is 1. The first-order valence-electron chi connectivity index (χ1n) is 9.14. The second-order valence-electron chi connectivity index (χ2n) is 6.70. The Hall–Kier alpha value is -3.54. The van der Waals surface area contributed by atoms with Crippen molar-refractivity contribution in [2.24, 2.45) is 0 Å². The highest BCUT2D eigenvalue weighted by atomic mass is 16.5. The Morgan fingerprint density at radius 1 is 1.18 bits per heavy atom. The third kappa shape index (κ3) is 3.76. The highest BCUT2D eigenvalue weighted by molar-refractivity contribution is 5.88. The molecule has 0 radical (unpaired) electrons. The lowest BCUT2D eigenvalue weighted by molar-refractivity contribution is -0.136. The van der Waals surface area contributed by atoms with Crippen LogP contribution in [0.4, 0.5) is 0 Å². The smallest absolute Gasteiger partial charge is 0.307 e. The van der Waals surface area contributed by atoms with Gasteiger partial charge in [0.1, 0.15) is 12.4 Å². The second-order valence-corrected chi connectivity index (χ2v) is 6.70. The van der Waals surface area contributed by atoms with Gasteiger partial charge in [0, 0.05) is 28.4 Å². The van der Waals surface area contributed by atoms with E-state index in [0.717, 1.165) is 33.4 Å². The molecule has 142 valence electrons. The first kappa shape index (κ1) is 17.9. The maximum Gasteiger partial charge on any atom is 0.307 e. The van der Waals surface area contributed by atoms with E-state index in [9.17, 15) is 4.79 Å². The maximum atomic E-state index is 11.0. The van der Waals surface area contributed by atoms with Crippen molar-refractivity contribution < 1.29 is 14.6 Å². The van der Waals surface area contributed by atoms with Crippen LogP contribution < -0.4 is 4.74 Å². The number of H-pyrrole nitrogens is 1. The van der Waals surface area contributed by atoms with E-state index >= 15 is 0 Å². The number of nitrogens with zero attached hydrogens (tertiary/aromatic N) is 2. The molecule has 0 aliphatic rings. The van der Waals surface area contributed by atoms with Crippen LogP contribution >= 0.6 is 0 Å². The van der Waals surface area contributed by atoms with Crippen LogP contribution in [0.3, 0.4) is 0 Å². The molecule has 4 rings (SSSR count). The van der Waals surface area contributed by atoms with Crippen LogP contribution in [0.2, 0.25) is 0 Å². The summed E-state index contributed by atoms with van der Waals surface area (Å²) in [7, 11) is 0. The first-order valence-corrected chi connectivity index (χ1v) is 9.14. The molecule has 0 bridgehead atoms. The van der Waals surface area contributed by atoms with Crippen molar-refractivity contribution in [3.63, 3.8) is 0 Å². The molecule has 4 aromatic rings. The molecule has 0 aliphatic carbocycles. The Kier molecular flexibility index (Phi) is 4.85. The minimum atomic E-state index is -0.851. The molecule has 0 atom stereocenters. The zero-order valence-electron chi connectivity index (χ0n) is 15.6. The van der Waals surface area contributed by atoms with E-state index in [1.54, 1.807) is 6.20 Å². The van der Waals surface area contributed by atoms with Gasteiger partial charge in [-0.25, -0.2) is 0 Å². The molecule has 2 aromatic heterocycles. The van der Waals surface area contributed by atoms with E-state index in [2.05, 4.69) is 16.1 Å². The number of nitrogens with one attached hydrogen (secondary N) is 1. The van der Waals surface area contributed by atoms with E-state index in [-0.39, 0.29) is 6.42 Å². The highest BCUT2D eigenvalue weighted by Crippen LogP contribution is 2.24. The number of aryl methyl sites for hydroxylation is 1. The SMILES string of the molecule is Cc1cc(-c2ccccc2)nn1CCOc1ccc2[nH]cc(CC(=O)O)c2c1. The summed E-state index contributed by atoms with van der Waals surface area (Å²) in [5, 5.41) is 14.6. The van der Waals surface area contributed by atoms with Gasteiger partial charge in [-0.15, -0.1) is 0 Å². The average molecular weight is 375 g/mol. The number of hydrogen-bond donors (Lipinski definition) is 2. The van der Waals surface area contributed by atoms with Gasteiger partial charge in [0.2, 0.25) is 0 Å². The summed E-state index contributed by atoms with van der Waals surface area (Å²) in [4.78, 5) is 14.1. The van der Waals surface area contributed by atoms with Crippen LogP contribution in [-0.4, -0.2) is 32.4 Å². The monoisotopic (exact) mass is 375 g/mol. The van der Waals surface area contributed by atoms with Gasteiger partial charge in [-0.3, -0.25) is 9.48 Å². The van der Waals surface area contributed by atoms with Gasteiger partial charge in [-0.05, 0) is 36.8 Å². The molecule has 0 unspecified atom stereocenters. The quantitative estimate of drug-likeness (QED) is 0.511. The van der Waals surface area contributed by atoms with Gasteiger partial charge in [-0.2, -0.15) is 5.10 Å². The number of carboxylic acids is 1. The fourth-order valence-electron chi connectivity index (χ4n) is 3.29. The minimum absolute atomic E-state index is 0.0157. The fourth-order valence-corrected chi connectivity index (χ4v) is 3.29. The lowest BCUT2D eigenvalue weighted by atomic mass is 10.1. The predicted octanol–water partition coefficient (Wildman–Crippen LogP) is 4.05. The molecular weight excluding hydrogens is 354 g/mol. The number of aromatic nitrogens is 3. The molecule has 0 aliphatic heterocycles. The van der Waals surface area contributed by atoms with Crippen molar-refractivity contribution in [2.75, 3.05) is 6.61 Å². The second kappa shape index (κ2) is 7.60. The molecule has 0 fully saturated rings. The van der Waals surface area contributed by atoms with Crippen molar-refractivity contribution in [3.8, 4) is 17.0 Å². The number of ether oxygens (including phenoxy) is 1. The number of carbonyl (C=O) groups is 1. The highest BCUT2D eigenvalue weighted by Gasteiger charge is 2.10. The predicted molar refractivity (Wildman–Crippen MR) is 108 cm³/mol. The van der Waals surface area contributed by atoms with Crippen LogP contribution in [0.1, 0.15) is 11.3 Å². The molecule has 0 saturated carbocycles. The number of aliphatic carboxylic acids is 1. The van der Waals surface area contributed by atoms with Crippen LogP contribution in [0.15, 0.2) is 60.8 Å². The number of benzene rings is 2. The molecule has 2 aromatic carbocycles. The lowest BCUT2D eigenvalue weighted by Crippen LogP contribution is -2.10. The Labute approximate surface area is 162 Å². The molecule has 0 spiro atoms. The summed E-state index contributed by atoms with van der Waals surface area (Å²) in [5.74, 6) is -0.137. The number of aromatic amines is 1. The molecule has 2 heterocycles. The topological polar surface area (TPSA) is 80.1 Å². The van der Waals surface area contributed by atoms with Crippen LogP contribution in [0, 0.1) is 6.92 Å². The van der Waals surface area contributed by atoms with Crippen molar-refractivity contribution in [3.05, 3.63) is 72.1 Å². The van der Waals surface area contributed by atoms with E-state index in [4.69, 9.17) is 9.84 Å². The summed E-state index contributed by atoms with van der Waals surface area (Å²) >= 11 is 0. The van der Waals surface area contributed by atoms with Crippen molar-refractivity contribution in [2.45, 2.75) is 19.9 Å². The molecule has 6 nitrogen and oxygen atoms in total. The molecule has 28 heavy (non-hydrogen) atoms. The number of hydrogen-bond acceptors (Lipinski definition) is 3. The standard InChI is InChI=1S/C22H21N3O3/c1-15-11-21(16-5-3-2-4-6-16)24-25(15)9-10-28-18-7-8-20-19(13-18)17(14-23-20)12-22(26)27/h2-8,11,13-14,23H,9-10,12H2,1H3,(H,26,27). The molecule has 0 amide bonds. The number of rotatable bonds is 7. The zero-order valence-corrected chi connectivity index (χ0v) is 15.6.